The number of anilines is 2. The summed E-state index contributed by atoms with van der Waals surface area (Å²) in [6.45, 7) is 1.37. The molecule has 11 heteroatoms. The highest BCUT2D eigenvalue weighted by molar-refractivity contribution is 7.89. The van der Waals surface area contributed by atoms with Gasteiger partial charge in [-0.2, -0.15) is 0 Å². The molecule has 0 saturated carbocycles. The zero-order valence-electron chi connectivity index (χ0n) is 20.8. The van der Waals surface area contributed by atoms with Crippen molar-refractivity contribution in [2.45, 2.75) is 11.8 Å². The molecule has 0 unspecified atom stereocenters. The number of carbonyl (C=O) groups is 2. The number of ether oxygens (including phenoxy) is 1. The summed E-state index contributed by atoms with van der Waals surface area (Å²) in [5.74, 6) is -0.238. The van der Waals surface area contributed by atoms with Gasteiger partial charge in [0.15, 0.2) is 5.75 Å². The number of amidine groups is 1. The van der Waals surface area contributed by atoms with Crippen LogP contribution in [0.1, 0.15) is 22.8 Å². The molecule has 0 spiro atoms. The Hall–Kier alpha value is -5.00. The summed E-state index contributed by atoms with van der Waals surface area (Å²) in [7, 11) is -3.94. The Morgan fingerprint density at radius 3 is 2.23 bits per heavy atom. The van der Waals surface area contributed by atoms with E-state index in [4.69, 9.17) is 21.0 Å². The molecule has 0 aliphatic carbocycles. The lowest BCUT2D eigenvalue weighted by Gasteiger charge is -2.15. The monoisotopic (exact) mass is 543 g/mol. The molecule has 198 valence electrons. The van der Waals surface area contributed by atoms with Crippen molar-refractivity contribution in [3.05, 3.63) is 102 Å². The molecule has 0 saturated heterocycles. The molecule has 0 fully saturated rings. The fourth-order valence-electron chi connectivity index (χ4n) is 3.79. The lowest BCUT2D eigenvalue weighted by Crippen LogP contribution is -2.14. The lowest BCUT2D eigenvalue weighted by atomic mass is 10.0. The van der Waals surface area contributed by atoms with Crippen LogP contribution in [0, 0.1) is 5.41 Å². The van der Waals surface area contributed by atoms with Gasteiger partial charge in [0, 0.05) is 35.4 Å². The van der Waals surface area contributed by atoms with E-state index in [1.165, 1.54) is 13.0 Å². The van der Waals surface area contributed by atoms with Crippen LogP contribution in [0.25, 0.3) is 11.1 Å². The zero-order chi connectivity index (χ0) is 28.2. The molecule has 4 aromatic carbocycles. The van der Waals surface area contributed by atoms with Gasteiger partial charge in [0.2, 0.25) is 15.9 Å². The molecule has 10 nitrogen and oxygen atoms in total. The summed E-state index contributed by atoms with van der Waals surface area (Å²) in [5.41, 5.74) is 8.12. The fraction of sp³-hybridized carbons (Fsp3) is 0.0357. The van der Waals surface area contributed by atoms with Gasteiger partial charge in [0.1, 0.15) is 11.6 Å². The smallest absolute Gasteiger partial charge is 0.255 e. The molecular weight excluding hydrogens is 518 g/mol. The maximum Gasteiger partial charge on any atom is 0.255 e. The van der Waals surface area contributed by atoms with Crippen LogP contribution in [0.15, 0.2) is 95.9 Å². The Morgan fingerprint density at radius 1 is 0.846 bits per heavy atom. The molecular formula is C28H25N5O5S. The van der Waals surface area contributed by atoms with Gasteiger partial charge in [-0.05, 0) is 48.0 Å². The zero-order valence-corrected chi connectivity index (χ0v) is 21.6. The number of amides is 2. The first kappa shape index (κ1) is 27.0. The number of rotatable bonds is 8. The minimum absolute atomic E-state index is 0.0166. The van der Waals surface area contributed by atoms with Crippen molar-refractivity contribution in [3.63, 3.8) is 0 Å². The molecule has 4 rings (SSSR count). The van der Waals surface area contributed by atoms with Crippen LogP contribution < -0.4 is 26.2 Å². The topological polar surface area (TPSA) is 177 Å². The van der Waals surface area contributed by atoms with Crippen molar-refractivity contribution in [2.24, 2.45) is 10.9 Å². The number of nitrogens with one attached hydrogen (secondary N) is 3. The first-order valence-corrected chi connectivity index (χ1v) is 13.1. The van der Waals surface area contributed by atoms with Crippen LogP contribution >= 0.6 is 0 Å². The summed E-state index contributed by atoms with van der Waals surface area (Å²) < 4.78 is 29.9. The van der Waals surface area contributed by atoms with E-state index in [2.05, 4.69) is 10.6 Å². The minimum atomic E-state index is -3.94. The lowest BCUT2D eigenvalue weighted by molar-refractivity contribution is -0.114. The van der Waals surface area contributed by atoms with Crippen LogP contribution in [-0.4, -0.2) is 26.1 Å². The van der Waals surface area contributed by atoms with Gasteiger partial charge in [-0.15, -0.1) is 0 Å². The number of sulfonamides is 1. The predicted octanol–water partition coefficient (Wildman–Crippen LogP) is 4.29. The summed E-state index contributed by atoms with van der Waals surface area (Å²) in [5, 5.41) is 18.5. The van der Waals surface area contributed by atoms with Crippen LogP contribution in [0.2, 0.25) is 0 Å². The summed E-state index contributed by atoms with van der Waals surface area (Å²) in [6, 6.07) is 24.1. The maximum atomic E-state index is 13.1. The molecule has 0 aliphatic heterocycles. The third-order valence-corrected chi connectivity index (χ3v) is 6.54. The number of hydrogen-bond acceptors (Lipinski definition) is 6. The van der Waals surface area contributed by atoms with Gasteiger partial charge in [-0.3, -0.25) is 15.0 Å². The molecule has 39 heavy (non-hydrogen) atoms. The second-order valence-electron chi connectivity index (χ2n) is 8.51. The van der Waals surface area contributed by atoms with Crippen molar-refractivity contribution in [1.82, 2.24) is 0 Å². The van der Waals surface area contributed by atoms with Gasteiger partial charge >= 0.3 is 0 Å². The van der Waals surface area contributed by atoms with Crippen molar-refractivity contribution in [1.29, 1.82) is 5.41 Å². The average molecular weight is 544 g/mol. The number of nitrogens with two attached hydrogens (primary N) is 2. The molecule has 4 aromatic rings. The average Bonchev–Trinajstić information content (AvgIpc) is 2.89. The maximum absolute atomic E-state index is 13.1. The first-order valence-electron chi connectivity index (χ1n) is 11.6. The van der Waals surface area contributed by atoms with E-state index in [0.717, 1.165) is 0 Å². The van der Waals surface area contributed by atoms with Crippen molar-refractivity contribution in [3.8, 4) is 22.6 Å². The Kier molecular flexibility index (Phi) is 7.75. The van der Waals surface area contributed by atoms with E-state index in [1.54, 1.807) is 84.9 Å². The van der Waals surface area contributed by atoms with Crippen molar-refractivity contribution >= 4 is 39.0 Å². The SMILES string of the molecule is CC(=O)Nc1ccc(NC(=O)c2ccc(-c3ccccc3S(N)(=O)=O)cc2)c(Oc2cccc(C(=N)N)c2)c1. The van der Waals surface area contributed by atoms with Gasteiger partial charge in [0.25, 0.3) is 5.91 Å². The largest absolute Gasteiger partial charge is 0.455 e. The van der Waals surface area contributed by atoms with Crippen LogP contribution in [0.5, 0.6) is 11.5 Å². The van der Waals surface area contributed by atoms with E-state index < -0.39 is 15.9 Å². The highest BCUT2D eigenvalue weighted by Crippen LogP contribution is 2.33. The highest BCUT2D eigenvalue weighted by Gasteiger charge is 2.16. The minimum Gasteiger partial charge on any atom is -0.455 e. The Morgan fingerprint density at radius 2 is 1.56 bits per heavy atom. The standard InChI is InChI=1S/C28H25N5O5S/c1-17(34)32-21-13-14-24(25(16-21)38-22-6-4-5-20(15-22)27(29)30)33-28(35)19-11-9-18(10-12-19)23-7-2-3-8-26(23)39(31,36)37/h2-16H,1H3,(H3,29,30)(H,32,34)(H,33,35)(H2,31,36,37). The Bertz CT molecular complexity index is 1690. The molecule has 0 atom stereocenters. The molecule has 0 aliphatic rings. The van der Waals surface area contributed by atoms with Crippen molar-refractivity contribution in [2.75, 3.05) is 10.6 Å². The second-order valence-corrected chi connectivity index (χ2v) is 10.0. The number of hydrogen-bond donors (Lipinski definition) is 5. The number of carbonyl (C=O) groups excluding carboxylic acids is 2. The van der Waals surface area contributed by atoms with Gasteiger partial charge in [-0.1, -0.05) is 42.5 Å². The van der Waals surface area contributed by atoms with E-state index in [0.29, 0.717) is 39.4 Å². The Labute approximate surface area is 225 Å². The molecule has 2 amide bonds. The third kappa shape index (κ3) is 6.66. The van der Waals surface area contributed by atoms with E-state index in [9.17, 15) is 18.0 Å². The summed E-state index contributed by atoms with van der Waals surface area (Å²) in [4.78, 5) is 24.6. The third-order valence-electron chi connectivity index (χ3n) is 5.57. The summed E-state index contributed by atoms with van der Waals surface area (Å²) in [6.07, 6.45) is 0. The fourth-order valence-corrected chi connectivity index (χ4v) is 4.55. The highest BCUT2D eigenvalue weighted by atomic mass is 32.2. The molecule has 0 aromatic heterocycles. The van der Waals surface area contributed by atoms with Gasteiger partial charge in [-0.25, -0.2) is 13.6 Å². The number of benzene rings is 4. The summed E-state index contributed by atoms with van der Waals surface area (Å²) >= 11 is 0. The van der Waals surface area contributed by atoms with Crippen LogP contribution in [-0.2, 0) is 14.8 Å². The van der Waals surface area contributed by atoms with Gasteiger partial charge in [0.05, 0.1) is 10.6 Å². The first-order chi connectivity index (χ1) is 18.5. The molecule has 0 heterocycles. The van der Waals surface area contributed by atoms with E-state index in [-0.39, 0.29) is 22.4 Å². The van der Waals surface area contributed by atoms with Crippen LogP contribution in [0.4, 0.5) is 11.4 Å². The number of nitrogen functional groups attached to an aromatic ring is 1. The predicted molar refractivity (Wildman–Crippen MR) is 149 cm³/mol. The quantitative estimate of drug-likeness (QED) is 0.163. The van der Waals surface area contributed by atoms with E-state index >= 15 is 0 Å². The van der Waals surface area contributed by atoms with Crippen molar-refractivity contribution < 1.29 is 22.7 Å². The van der Waals surface area contributed by atoms with Gasteiger partial charge < -0.3 is 21.1 Å². The second kappa shape index (κ2) is 11.2. The molecule has 0 radical (unpaired) electrons. The number of primary sulfonamides is 1. The van der Waals surface area contributed by atoms with E-state index in [1.807, 2.05) is 0 Å². The normalized spacial score (nSPS) is 10.9. The van der Waals surface area contributed by atoms with Crippen LogP contribution in [0.3, 0.4) is 0 Å². The Balaban J connectivity index is 1.62. The molecule has 7 N–H and O–H groups in total. The molecule has 0 bridgehead atoms.